The lowest BCUT2D eigenvalue weighted by atomic mass is 10.1. The van der Waals surface area contributed by atoms with E-state index in [1.165, 1.54) is 0 Å². The Morgan fingerprint density at radius 3 is 2.68 bits per heavy atom. The third-order valence-corrected chi connectivity index (χ3v) is 3.54. The van der Waals surface area contributed by atoms with Gasteiger partial charge in [-0.2, -0.15) is 0 Å². The predicted octanol–water partition coefficient (Wildman–Crippen LogP) is 1.72. The lowest BCUT2D eigenvalue weighted by Crippen LogP contribution is -2.40. The Kier molecular flexibility index (Phi) is 5.60. The zero-order chi connectivity index (χ0) is 15.9. The summed E-state index contributed by atoms with van der Waals surface area (Å²) in [7, 11) is 0. The maximum Gasteiger partial charge on any atom is 0.316 e. The van der Waals surface area contributed by atoms with Gasteiger partial charge in [-0.1, -0.05) is 12.1 Å². The lowest BCUT2D eigenvalue weighted by Gasteiger charge is -2.17. The van der Waals surface area contributed by atoms with E-state index in [2.05, 4.69) is 16.0 Å². The summed E-state index contributed by atoms with van der Waals surface area (Å²) in [5, 5.41) is 8.17. The van der Waals surface area contributed by atoms with Crippen LogP contribution in [0.25, 0.3) is 0 Å². The van der Waals surface area contributed by atoms with Crippen LogP contribution in [0.4, 0.5) is 15.3 Å². The molecular formula is C15H22N4O3. The number of amides is 4. The van der Waals surface area contributed by atoms with Crippen molar-refractivity contribution in [3.05, 3.63) is 29.8 Å². The van der Waals surface area contributed by atoms with Crippen LogP contribution in [0.15, 0.2) is 24.3 Å². The zero-order valence-corrected chi connectivity index (χ0v) is 12.6. The first kappa shape index (κ1) is 16.1. The largest absolute Gasteiger partial charge is 0.376 e. The Morgan fingerprint density at radius 2 is 2.09 bits per heavy atom. The number of urea groups is 2. The van der Waals surface area contributed by atoms with Gasteiger partial charge in [0.25, 0.3) is 0 Å². The van der Waals surface area contributed by atoms with Crippen molar-refractivity contribution in [2.75, 3.05) is 18.5 Å². The van der Waals surface area contributed by atoms with Crippen molar-refractivity contribution in [1.82, 2.24) is 10.6 Å². The van der Waals surface area contributed by atoms with Crippen LogP contribution in [-0.2, 0) is 4.74 Å². The molecule has 1 aliphatic heterocycles. The number of carbonyl (C=O) groups excluding carboxylic acids is 2. The molecule has 0 saturated carbocycles. The third-order valence-electron chi connectivity index (χ3n) is 3.54. The van der Waals surface area contributed by atoms with Gasteiger partial charge in [0, 0.05) is 18.8 Å². The minimum atomic E-state index is -0.604. The Labute approximate surface area is 129 Å². The van der Waals surface area contributed by atoms with Crippen molar-refractivity contribution >= 4 is 17.7 Å². The van der Waals surface area contributed by atoms with Gasteiger partial charge in [0.1, 0.15) is 0 Å². The fraction of sp³-hybridized carbons (Fsp3) is 0.467. The minimum Gasteiger partial charge on any atom is -0.376 e. The second-order valence-corrected chi connectivity index (χ2v) is 5.32. The molecule has 1 aromatic carbocycles. The van der Waals surface area contributed by atoms with Crippen molar-refractivity contribution < 1.29 is 14.3 Å². The van der Waals surface area contributed by atoms with E-state index >= 15 is 0 Å². The standard InChI is InChI=1S/C15H22N4O3/c1-10(11-4-6-12(7-5-11)19-14(16)20)18-15(21)17-9-13-3-2-8-22-13/h4-7,10,13H,2-3,8-9H2,1H3,(H3,16,19,20)(H2,17,18,21)/t10-,13+/m1/s1. The molecule has 1 aromatic rings. The molecule has 7 heteroatoms. The number of rotatable bonds is 5. The molecule has 2 atom stereocenters. The summed E-state index contributed by atoms with van der Waals surface area (Å²) in [6.07, 6.45) is 2.17. The van der Waals surface area contributed by atoms with Gasteiger partial charge in [0.05, 0.1) is 12.1 Å². The van der Waals surface area contributed by atoms with Crippen LogP contribution in [-0.4, -0.2) is 31.3 Å². The fourth-order valence-corrected chi connectivity index (χ4v) is 2.34. The number of anilines is 1. The number of nitrogens with two attached hydrogens (primary N) is 1. The van der Waals surface area contributed by atoms with Gasteiger partial charge in [-0.3, -0.25) is 0 Å². The highest BCUT2D eigenvalue weighted by Gasteiger charge is 2.16. The molecule has 0 spiro atoms. The molecule has 0 aromatic heterocycles. The molecule has 0 unspecified atom stereocenters. The highest BCUT2D eigenvalue weighted by Crippen LogP contribution is 2.16. The lowest BCUT2D eigenvalue weighted by molar-refractivity contribution is 0.111. The summed E-state index contributed by atoms with van der Waals surface area (Å²) >= 11 is 0. The van der Waals surface area contributed by atoms with Gasteiger partial charge in [-0.25, -0.2) is 9.59 Å². The number of hydrogen-bond donors (Lipinski definition) is 4. The number of hydrogen-bond acceptors (Lipinski definition) is 3. The van der Waals surface area contributed by atoms with Gasteiger partial charge in [0.15, 0.2) is 0 Å². The SMILES string of the molecule is C[C@@H](NC(=O)NC[C@@H]1CCCO1)c1ccc(NC(N)=O)cc1. The third kappa shape index (κ3) is 4.92. The van der Waals surface area contributed by atoms with Gasteiger partial charge >= 0.3 is 12.1 Å². The van der Waals surface area contributed by atoms with Crippen LogP contribution in [0.3, 0.4) is 0 Å². The number of primary amides is 1. The van der Waals surface area contributed by atoms with E-state index in [0.717, 1.165) is 25.0 Å². The molecule has 22 heavy (non-hydrogen) atoms. The summed E-state index contributed by atoms with van der Waals surface area (Å²) in [6, 6.07) is 6.17. The maximum absolute atomic E-state index is 11.8. The molecule has 0 aliphatic carbocycles. The van der Waals surface area contributed by atoms with E-state index < -0.39 is 6.03 Å². The molecule has 2 rings (SSSR count). The van der Waals surface area contributed by atoms with Crippen molar-refractivity contribution in [3.63, 3.8) is 0 Å². The summed E-state index contributed by atoms with van der Waals surface area (Å²) in [4.78, 5) is 22.6. The summed E-state index contributed by atoms with van der Waals surface area (Å²) in [5.74, 6) is 0. The second kappa shape index (κ2) is 7.65. The van der Waals surface area contributed by atoms with Crippen molar-refractivity contribution in [3.8, 4) is 0 Å². The molecule has 0 radical (unpaired) electrons. The van der Waals surface area contributed by atoms with E-state index in [1.807, 2.05) is 19.1 Å². The van der Waals surface area contributed by atoms with Gasteiger partial charge in [-0.05, 0) is 37.5 Å². The average molecular weight is 306 g/mol. The molecule has 1 heterocycles. The monoisotopic (exact) mass is 306 g/mol. The quantitative estimate of drug-likeness (QED) is 0.665. The number of carbonyl (C=O) groups is 2. The van der Waals surface area contributed by atoms with Crippen LogP contribution in [0.2, 0.25) is 0 Å². The van der Waals surface area contributed by atoms with Crippen LogP contribution in [0.5, 0.6) is 0 Å². The Morgan fingerprint density at radius 1 is 1.36 bits per heavy atom. The molecule has 1 aliphatic rings. The predicted molar refractivity (Wildman–Crippen MR) is 83.6 cm³/mol. The first-order chi connectivity index (χ1) is 10.5. The van der Waals surface area contributed by atoms with E-state index in [-0.39, 0.29) is 18.2 Å². The molecule has 120 valence electrons. The highest BCUT2D eigenvalue weighted by molar-refractivity contribution is 5.87. The van der Waals surface area contributed by atoms with E-state index in [1.54, 1.807) is 12.1 Å². The number of nitrogens with one attached hydrogen (secondary N) is 3. The molecule has 0 bridgehead atoms. The Bertz CT molecular complexity index is 512. The van der Waals surface area contributed by atoms with E-state index in [4.69, 9.17) is 10.5 Å². The van der Waals surface area contributed by atoms with E-state index in [9.17, 15) is 9.59 Å². The number of ether oxygens (including phenoxy) is 1. The van der Waals surface area contributed by atoms with Crippen LogP contribution < -0.4 is 21.7 Å². The summed E-state index contributed by atoms with van der Waals surface area (Å²) in [6.45, 7) is 3.19. The van der Waals surface area contributed by atoms with Gasteiger partial charge in [-0.15, -0.1) is 0 Å². The summed E-state index contributed by atoms with van der Waals surface area (Å²) in [5.41, 5.74) is 6.60. The molecule has 1 saturated heterocycles. The van der Waals surface area contributed by atoms with Crippen LogP contribution in [0, 0.1) is 0 Å². The van der Waals surface area contributed by atoms with Crippen LogP contribution >= 0.6 is 0 Å². The Hall–Kier alpha value is -2.28. The molecule has 7 nitrogen and oxygen atoms in total. The van der Waals surface area contributed by atoms with E-state index in [0.29, 0.717) is 12.2 Å². The first-order valence-corrected chi connectivity index (χ1v) is 7.37. The fourth-order valence-electron chi connectivity index (χ4n) is 2.34. The van der Waals surface area contributed by atoms with Crippen molar-refractivity contribution in [2.24, 2.45) is 5.73 Å². The van der Waals surface area contributed by atoms with Gasteiger partial charge in [0.2, 0.25) is 0 Å². The molecular weight excluding hydrogens is 284 g/mol. The zero-order valence-electron chi connectivity index (χ0n) is 12.6. The second-order valence-electron chi connectivity index (χ2n) is 5.32. The normalized spacial score (nSPS) is 18.5. The maximum atomic E-state index is 11.8. The van der Waals surface area contributed by atoms with Gasteiger partial charge < -0.3 is 26.4 Å². The van der Waals surface area contributed by atoms with Crippen LogP contribution in [0.1, 0.15) is 31.4 Å². The smallest absolute Gasteiger partial charge is 0.316 e. The molecule has 1 fully saturated rings. The topological polar surface area (TPSA) is 105 Å². The molecule has 5 N–H and O–H groups in total. The first-order valence-electron chi connectivity index (χ1n) is 7.37. The minimum absolute atomic E-state index is 0.125. The Balaban J connectivity index is 1.78. The summed E-state index contributed by atoms with van der Waals surface area (Å²) < 4.78 is 5.45. The number of benzene rings is 1. The highest BCUT2D eigenvalue weighted by atomic mass is 16.5. The van der Waals surface area contributed by atoms with Crippen molar-refractivity contribution in [2.45, 2.75) is 31.9 Å². The molecule has 4 amide bonds. The van der Waals surface area contributed by atoms with Crippen molar-refractivity contribution in [1.29, 1.82) is 0 Å². The average Bonchev–Trinajstić information content (AvgIpc) is 2.98.